The highest BCUT2D eigenvalue weighted by Gasteiger charge is 2.31. The summed E-state index contributed by atoms with van der Waals surface area (Å²) in [4.78, 5) is -0.538. The second-order valence-electron chi connectivity index (χ2n) is 4.84. The van der Waals surface area contributed by atoms with E-state index in [1.54, 1.807) is 0 Å². The first kappa shape index (κ1) is 18.0. The second kappa shape index (κ2) is 6.30. The zero-order valence-electron chi connectivity index (χ0n) is 12.0. The van der Waals surface area contributed by atoms with Crippen molar-refractivity contribution in [3.63, 3.8) is 0 Å². The van der Waals surface area contributed by atoms with Gasteiger partial charge in [-0.15, -0.1) is 0 Å². The number of primary sulfonamides is 1. The number of halogens is 3. The number of nitrogens with two attached hydrogens (primary N) is 2. The average Bonchev–Trinajstić information content (AvgIpc) is 2.47. The Bertz CT molecular complexity index is 867. The topological polar surface area (TPSA) is 116 Å². The number of nitrogen functional groups attached to an aromatic ring is 1. The normalized spacial score (nSPS) is 12.2. The number of hydrogen-bond donors (Lipinski definition) is 3. The van der Waals surface area contributed by atoms with E-state index in [1.807, 2.05) is 0 Å². The van der Waals surface area contributed by atoms with Gasteiger partial charge in [0.2, 0.25) is 10.0 Å². The number of anilines is 1. The van der Waals surface area contributed by atoms with Gasteiger partial charge in [0, 0.05) is 0 Å². The molecular weight excluding hydrogens is 349 g/mol. The maximum Gasteiger partial charge on any atom is 0.416 e. The Kier molecular flexibility index (Phi) is 4.74. The van der Waals surface area contributed by atoms with E-state index in [4.69, 9.17) is 20.7 Å². The third-order valence-corrected chi connectivity index (χ3v) is 3.93. The quantitative estimate of drug-likeness (QED) is 0.721. The third-order valence-electron chi connectivity index (χ3n) is 3.01. The number of ether oxygens (including phenoxy) is 1. The molecule has 2 aromatic carbocycles. The maximum atomic E-state index is 12.7. The van der Waals surface area contributed by atoms with Crippen LogP contribution in [0.3, 0.4) is 0 Å². The van der Waals surface area contributed by atoms with E-state index in [0.29, 0.717) is 6.07 Å². The summed E-state index contributed by atoms with van der Waals surface area (Å²) < 4.78 is 66.8. The lowest BCUT2D eigenvalue weighted by Crippen LogP contribution is -2.15. The van der Waals surface area contributed by atoms with Crippen LogP contribution in [0.1, 0.15) is 11.1 Å². The number of rotatable bonds is 4. The van der Waals surface area contributed by atoms with Gasteiger partial charge in [0.15, 0.2) is 5.75 Å². The number of sulfonamides is 1. The molecule has 0 atom stereocenters. The van der Waals surface area contributed by atoms with Crippen molar-refractivity contribution in [2.75, 3.05) is 5.73 Å². The number of hydrogen-bond acceptors (Lipinski definition) is 5. The average molecular weight is 362 g/mol. The number of aliphatic hydroxyl groups is 1. The van der Waals surface area contributed by atoms with Gasteiger partial charge in [-0.25, -0.2) is 13.6 Å². The predicted octanol–water partition coefficient (Wildman–Crippen LogP) is 2.22. The van der Waals surface area contributed by atoms with Gasteiger partial charge in [-0.3, -0.25) is 0 Å². The molecule has 130 valence electrons. The van der Waals surface area contributed by atoms with Crippen LogP contribution in [0, 0.1) is 0 Å². The van der Waals surface area contributed by atoms with Crippen molar-refractivity contribution in [2.24, 2.45) is 5.14 Å². The van der Waals surface area contributed by atoms with Gasteiger partial charge in [0.1, 0.15) is 10.6 Å². The van der Waals surface area contributed by atoms with Crippen molar-refractivity contribution in [3.05, 3.63) is 47.5 Å². The van der Waals surface area contributed by atoms with Crippen LogP contribution in [0.15, 0.2) is 41.3 Å². The third kappa shape index (κ3) is 3.96. The Morgan fingerprint density at radius 3 is 2.38 bits per heavy atom. The number of aliphatic hydroxyl groups excluding tert-OH is 1. The van der Waals surface area contributed by atoms with E-state index in [2.05, 4.69) is 0 Å². The number of alkyl halides is 3. The van der Waals surface area contributed by atoms with Crippen LogP contribution in [-0.2, 0) is 22.8 Å². The van der Waals surface area contributed by atoms with Gasteiger partial charge in [-0.1, -0.05) is 6.07 Å². The molecule has 10 heteroatoms. The summed E-state index contributed by atoms with van der Waals surface area (Å²) in [6.07, 6.45) is -4.59. The van der Waals surface area contributed by atoms with Crippen LogP contribution >= 0.6 is 0 Å². The van der Waals surface area contributed by atoms with E-state index >= 15 is 0 Å². The van der Waals surface area contributed by atoms with Crippen molar-refractivity contribution in [1.82, 2.24) is 0 Å². The van der Waals surface area contributed by atoms with Gasteiger partial charge in [0.25, 0.3) is 0 Å². The van der Waals surface area contributed by atoms with Crippen LogP contribution in [0.2, 0.25) is 0 Å². The standard InChI is InChI=1S/C14H13F3N2O4S/c15-14(16,17)9-2-1-3-10(6-9)23-13-11(18)4-8(7-20)5-12(13)24(19,21)22/h1-6,20H,7,18H2,(H2,19,21,22). The first-order valence-electron chi connectivity index (χ1n) is 6.43. The summed E-state index contributed by atoms with van der Waals surface area (Å²) >= 11 is 0. The highest BCUT2D eigenvalue weighted by molar-refractivity contribution is 7.89. The highest BCUT2D eigenvalue weighted by Crippen LogP contribution is 2.37. The Morgan fingerprint density at radius 1 is 1.17 bits per heavy atom. The van der Waals surface area contributed by atoms with Crippen molar-refractivity contribution >= 4 is 15.7 Å². The molecule has 0 radical (unpaired) electrons. The highest BCUT2D eigenvalue weighted by atomic mass is 32.2. The molecule has 0 saturated carbocycles. The molecule has 0 unspecified atom stereocenters. The summed E-state index contributed by atoms with van der Waals surface area (Å²) in [7, 11) is -4.29. The van der Waals surface area contributed by atoms with Crippen molar-refractivity contribution in [3.8, 4) is 11.5 Å². The van der Waals surface area contributed by atoms with E-state index in [1.165, 1.54) is 12.1 Å². The van der Waals surface area contributed by atoms with E-state index in [0.717, 1.165) is 18.2 Å². The predicted molar refractivity (Wildman–Crippen MR) is 79.7 cm³/mol. The zero-order chi connectivity index (χ0) is 18.1. The smallest absolute Gasteiger partial charge is 0.416 e. The van der Waals surface area contributed by atoms with Gasteiger partial charge in [-0.05, 0) is 35.9 Å². The van der Waals surface area contributed by atoms with Crippen molar-refractivity contribution in [1.29, 1.82) is 0 Å². The van der Waals surface area contributed by atoms with Crippen LogP contribution in [0.4, 0.5) is 18.9 Å². The SMILES string of the molecule is Nc1cc(CO)cc(S(N)(=O)=O)c1Oc1cccc(C(F)(F)F)c1. The van der Waals surface area contributed by atoms with E-state index in [9.17, 15) is 21.6 Å². The van der Waals surface area contributed by atoms with Gasteiger partial charge >= 0.3 is 6.18 Å². The summed E-state index contributed by atoms with van der Waals surface area (Å²) in [6, 6.07) is 6.12. The molecule has 0 bridgehead atoms. The molecule has 0 aliphatic heterocycles. The van der Waals surface area contributed by atoms with E-state index in [-0.39, 0.29) is 17.0 Å². The molecule has 0 aliphatic rings. The Balaban J connectivity index is 2.54. The lowest BCUT2D eigenvalue weighted by Gasteiger charge is -2.15. The second-order valence-corrected chi connectivity index (χ2v) is 6.37. The molecule has 0 saturated heterocycles. The molecular formula is C14H13F3N2O4S. The molecule has 0 aromatic heterocycles. The van der Waals surface area contributed by atoms with Crippen LogP contribution in [0.5, 0.6) is 11.5 Å². The van der Waals surface area contributed by atoms with E-state index < -0.39 is 39.0 Å². The Hall–Kier alpha value is -2.30. The van der Waals surface area contributed by atoms with Gasteiger partial charge < -0.3 is 15.6 Å². The molecule has 0 heterocycles. The minimum absolute atomic E-state index is 0.160. The summed E-state index contributed by atoms with van der Waals surface area (Å²) in [5.41, 5.74) is 4.69. The molecule has 2 rings (SSSR count). The largest absolute Gasteiger partial charge is 0.454 e. The zero-order valence-corrected chi connectivity index (χ0v) is 12.9. The fourth-order valence-corrected chi connectivity index (χ4v) is 2.68. The van der Waals surface area contributed by atoms with Crippen molar-refractivity contribution in [2.45, 2.75) is 17.7 Å². The molecule has 0 amide bonds. The first-order valence-corrected chi connectivity index (χ1v) is 7.98. The van der Waals surface area contributed by atoms with Gasteiger partial charge in [-0.2, -0.15) is 13.2 Å². The molecule has 0 aliphatic carbocycles. The minimum Gasteiger partial charge on any atom is -0.454 e. The monoisotopic (exact) mass is 362 g/mol. The number of benzene rings is 2. The fourth-order valence-electron chi connectivity index (χ4n) is 1.95. The lowest BCUT2D eigenvalue weighted by atomic mass is 10.2. The van der Waals surface area contributed by atoms with Crippen LogP contribution in [0.25, 0.3) is 0 Å². The van der Waals surface area contributed by atoms with Crippen molar-refractivity contribution < 1.29 is 31.4 Å². The Morgan fingerprint density at radius 2 is 1.83 bits per heavy atom. The maximum absolute atomic E-state index is 12.7. The molecule has 0 fully saturated rings. The van der Waals surface area contributed by atoms with Crippen LogP contribution < -0.4 is 15.6 Å². The Labute approximate surface area is 135 Å². The summed E-state index contributed by atoms with van der Waals surface area (Å²) in [5.74, 6) is -0.674. The molecule has 0 spiro atoms. The first-order chi connectivity index (χ1) is 11.0. The lowest BCUT2D eigenvalue weighted by molar-refractivity contribution is -0.137. The molecule has 24 heavy (non-hydrogen) atoms. The molecule has 6 nitrogen and oxygen atoms in total. The fraction of sp³-hybridized carbons (Fsp3) is 0.143. The molecule has 5 N–H and O–H groups in total. The summed E-state index contributed by atoms with van der Waals surface area (Å²) in [6.45, 7) is -0.503. The van der Waals surface area contributed by atoms with Gasteiger partial charge in [0.05, 0.1) is 17.9 Å². The minimum atomic E-state index is -4.59. The van der Waals surface area contributed by atoms with Crippen LogP contribution in [-0.4, -0.2) is 13.5 Å². The summed E-state index contributed by atoms with van der Waals surface area (Å²) in [5, 5.41) is 14.2. The molecule has 2 aromatic rings.